The molecule has 2 aliphatic heterocycles. The lowest BCUT2D eigenvalue weighted by Gasteiger charge is -2.34. The summed E-state index contributed by atoms with van der Waals surface area (Å²) in [7, 11) is 2.16. The van der Waals surface area contributed by atoms with Crippen LogP contribution < -0.4 is 15.1 Å². The van der Waals surface area contributed by atoms with E-state index in [2.05, 4.69) is 54.1 Å². The molecule has 154 valence electrons. The zero-order chi connectivity index (χ0) is 20.1. The van der Waals surface area contributed by atoms with Gasteiger partial charge in [-0.2, -0.15) is 0 Å². The van der Waals surface area contributed by atoms with E-state index in [0.717, 1.165) is 64.0 Å². The van der Waals surface area contributed by atoms with Gasteiger partial charge in [-0.15, -0.1) is 0 Å². The molecule has 29 heavy (non-hydrogen) atoms. The molecule has 0 atom stereocenters. The van der Waals surface area contributed by atoms with Gasteiger partial charge < -0.3 is 20.0 Å². The van der Waals surface area contributed by atoms with Gasteiger partial charge >= 0.3 is 0 Å². The first-order valence-electron chi connectivity index (χ1n) is 10.2. The molecular weight excluding hydrogens is 366 g/mol. The van der Waals surface area contributed by atoms with Crippen LogP contribution in [-0.2, 0) is 4.79 Å². The molecule has 2 aromatic rings. The number of anilines is 3. The molecule has 0 aliphatic carbocycles. The number of carbonyl (C=O) groups excluding carboxylic acids is 1. The first-order chi connectivity index (χ1) is 14.2. The molecule has 2 saturated heterocycles. The third kappa shape index (κ3) is 5.21. The lowest BCUT2D eigenvalue weighted by Crippen LogP contribution is -2.49. The van der Waals surface area contributed by atoms with Crippen molar-refractivity contribution in [1.82, 2.24) is 19.8 Å². The lowest BCUT2D eigenvalue weighted by molar-refractivity contribution is -0.117. The summed E-state index contributed by atoms with van der Waals surface area (Å²) in [5.74, 6) is 0.791. The summed E-state index contributed by atoms with van der Waals surface area (Å²) < 4.78 is 0. The summed E-state index contributed by atoms with van der Waals surface area (Å²) in [6.45, 7) is 7.98. The maximum atomic E-state index is 12.4. The number of amides is 1. The Hall–Kier alpha value is -2.71. The van der Waals surface area contributed by atoms with E-state index in [1.807, 2.05) is 18.2 Å². The zero-order valence-corrected chi connectivity index (χ0v) is 17.0. The Morgan fingerprint density at radius 1 is 0.897 bits per heavy atom. The first-order valence-corrected chi connectivity index (χ1v) is 10.2. The van der Waals surface area contributed by atoms with E-state index >= 15 is 0 Å². The Balaban J connectivity index is 1.23. The average molecular weight is 396 g/mol. The predicted molar refractivity (Wildman–Crippen MR) is 115 cm³/mol. The third-order valence-electron chi connectivity index (χ3n) is 5.59. The van der Waals surface area contributed by atoms with Crippen molar-refractivity contribution in [3.63, 3.8) is 0 Å². The Bertz CT molecular complexity index is 782. The van der Waals surface area contributed by atoms with Crippen LogP contribution in [0.2, 0.25) is 0 Å². The second kappa shape index (κ2) is 9.19. The van der Waals surface area contributed by atoms with E-state index in [0.29, 0.717) is 6.54 Å². The predicted octanol–water partition coefficient (Wildman–Crippen LogP) is 0.989. The standard InChI is InChI=1S/C21H29N7O/c1-25-9-13-27(14-10-25)19-5-3-18(4-6-19)24-20(29)17-26-11-15-28(16-12-26)21-22-7-2-8-23-21/h2-8H,9-17H2,1H3,(H,24,29). The molecule has 2 fully saturated rings. The summed E-state index contributed by atoms with van der Waals surface area (Å²) in [5, 5.41) is 3.02. The van der Waals surface area contributed by atoms with Gasteiger partial charge in [0, 0.05) is 76.1 Å². The van der Waals surface area contributed by atoms with Crippen molar-refractivity contribution in [3.8, 4) is 0 Å². The highest BCUT2D eigenvalue weighted by Crippen LogP contribution is 2.19. The van der Waals surface area contributed by atoms with Gasteiger partial charge in [0.1, 0.15) is 0 Å². The van der Waals surface area contributed by atoms with Crippen molar-refractivity contribution >= 4 is 23.2 Å². The zero-order valence-electron chi connectivity index (χ0n) is 17.0. The quantitative estimate of drug-likeness (QED) is 0.810. The van der Waals surface area contributed by atoms with Crippen LogP contribution in [0.25, 0.3) is 0 Å². The fourth-order valence-corrected chi connectivity index (χ4v) is 3.78. The van der Waals surface area contributed by atoms with Crippen LogP contribution in [-0.4, -0.2) is 91.6 Å². The number of nitrogens with one attached hydrogen (secondary N) is 1. The van der Waals surface area contributed by atoms with Crippen LogP contribution in [0, 0.1) is 0 Å². The monoisotopic (exact) mass is 395 g/mol. The van der Waals surface area contributed by atoms with Crippen molar-refractivity contribution in [1.29, 1.82) is 0 Å². The van der Waals surface area contributed by atoms with Crippen LogP contribution in [0.5, 0.6) is 0 Å². The maximum Gasteiger partial charge on any atom is 0.238 e. The van der Waals surface area contributed by atoms with E-state index in [4.69, 9.17) is 0 Å². The average Bonchev–Trinajstić information content (AvgIpc) is 2.76. The van der Waals surface area contributed by atoms with Gasteiger partial charge in [0.05, 0.1) is 6.54 Å². The lowest BCUT2D eigenvalue weighted by atomic mass is 10.2. The highest BCUT2D eigenvalue weighted by Gasteiger charge is 2.20. The van der Waals surface area contributed by atoms with E-state index in [1.54, 1.807) is 12.4 Å². The van der Waals surface area contributed by atoms with Crippen LogP contribution >= 0.6 is 0 Å². The minimum Gasteiger partial charge on any atom is -0.369 e. The van der Waals surface area contributed by atoms with Gasteiger partial charge in [-0.05, 0) is 37.4 Å². The van der Waals surface area contributed by atoms with E-state index in [-0.39, 0.29) is 5.91 Å². The van der Waals surface area contributed by atoms with Gasteiger partial charge in [0.25, 0.3) is 0 Å². The minimum absolute atomic E-state index is 0.0294. The van der Waals surface area contributed by atoms with Crippen molar-refractivity contribution in [2.45, 2.75) is 0 Å². The highest BCUT2D eigenvalue weighted by atomic mass is 16.2. The number of rotatable bonds is 5. The normalized spacial score (nSPS) is 18.7. The van der Waals surface area contributed by atoms with E-state index in [9.17, 15) is 4.79 Å². The molecule has 1 amide bonds. The van der Waals surface area contributed by atoms with E-state index in [1.165, 1.54) is 5.69 Å². The molecule has 1 aromatic heterocycles. The number of hydrogen-bond acceptors (Lipinski definition) is 7. The van der Waals surface area contributed by atoms with Crippen molar-refractivity contribution in [3.05, 3.63) is 42.7 Å². The minimum atomic E-state index is 0.0294. The third-order valence-corrected chi connectivity index (χ3v) is 5.59. The van der Waals surface area contributed by atoms with E-state index < -0.39 is 0 Å². The van der Waals surface area contributed by atoms with Crippen molar-refractivity contribution in [2.75, 3.05) is 81.1 Å². The molecule has 8 heteroatoms. The number of nitrogens with zero attached hydrogens (tertiary/aromatic N) is 6. The Labute approximate surface area is 172 Å². The number of likely N-dealkylation sites (N-methyl/N-ethyl adjacent to an activating group) is 1. The molecule has 0 saturated carbocycles. The molecular formula is C21H29N7O. The summed E-state index contributed by atoms with van der Waals surface area (Å²) in [5.41, 5.74) is 2.07. The molecule has 0 bridgehead atoms. The van der Waals surface area contributed by atoms with Crippen molar-refractivity contribution in [2.24, 2.45) is 0 Å². The Morgan fingerprint density at radius 2 is 1.52 bits per heavy atom. The number of carbonyl (C=O) groups is 1. The Kier molecular flexibility index (Phi) is 6.21. The molecule has 1 aromatic carbocycles. The smallest absolute Gasteiger partial charge is 0.238 e. The largest absolute Gasteiger partial charge is 0.369 e. The molecule has 0 spiro atoms. The summed E-state index contributed by atoms with van der Waals surface area (Å²) in [4.78, 5) is 30.1. The van der Waals surface area contributed by atoms with Crippen LogP contribution in [0.4, 0.5) is 17.3 Å². The van der Waals surface area contributed by atoms with Gasteiger partial charge in [-0.1, -0.05) is 0 Å². The summed E-state index contributed by atoms with van der Waals surface area (Å²) >= 11 is 0. The molecule has 2 aliphatic rings. The summed E-state index contributed by atoms with van der Waals surface area (Å²) in [6.07, 6.45) is 3.52. The molecule has 0 radical (unpaired) electrons. The number of benzene rings is 1. The van der Waals surface area contributed by atoms with Crippen molar-refractivity contribution < 1.29 is 4.79 Å². The van der Waals surface area contributed by atoms with Gasteiger partial charge in [-0.3, -0.25) is 9.69 Å². The van der Waals surface area contributed by atoms with Crippen LogP contribution in [0.1, 0.15) is 0 Å². The van der Waals surface area contributed by atoms with Crippen LogP contribution in [0.3, 0.4) is 0 Å². The SMILES string of the molecule is CN1CCN(c2ccc(NC(=O)CN3CCN(c4ncccn4)CC3)cc2)CC1. The molecule has 3 heterocycles. The van der Waals surface area contributed by atoms with Crippen LogP contribution in [0.15, 0.2) is 42.7 Å². The molecule has 4 rings (SSSR count). The van der Waals surface area contributed by atoms with Gasteiger partial charge in [-0.25, -0.2) is 9.97 Å². The second-order valence-corrected chi connectivity index (χ2v) is 7.70. The highest BCUT2D eigenvalue weighted by molar-refractivity contribution is 5.92. The molecule has 1 N–H and O–H groups in total. The maximum absolute atomic E-state index is 12.4. The Morgan fingerprint density at radius 3 is 2.17 bits per heavy atom. The first kappa shape index (κ1) is 19.6. The number of piperazine rings is 2. The van der Waals surface area contributed by atoms with Gasteiger partial charge in [0.2, 0.25) is 11.9 Å². The fraction of sp³-hybridized carbons (Fsp3) is 0.476. The second-order valence-electron chi connectivity index (χ2n) is 7.70. The molecule has 8 nitrogen and oxygen atoms in total. The molecule has 0 unspecified atom stereocenters. The number of hydrogen-bond donors (Lipinski definition) is 1. The fourth-order valence-electron chi connectivity index (χ4n) is 3.78. The number of aromatic nitrogens is 2. The van der Waals surface area contributed by atoms with Gasteiger partial charge in [0.15, 0.2) is 0 Å². The topological polar surface area (TPSA) is 67.8 Å². The summed E-state index contributed by atoms with van der Waals surface area (Å²) in [6, 6.07) is 10.0.